The first-order valence-electron chi connectivity index (χ1n) is 6.25. The molecular formula is C11H14F3N3O3S. The van der Waals surface area contributed by atoms with E-state index >= 15 is 0 Å². The van der Waals surface area contributed by atoms with Gasteiger partial charge < -0.3 is 15.8 Å². The Morgan fingerprint density at radius 1 is 1.43 bits per heavy atom. The number of amides is 3. The van der Waals surface area contributed by atoms with E-state index in [9.17, 15) is 22.8 Å². The third-order valence-electron chi connectivity index (χ3n) is 3.70. The third-order valence-corrected chi connectivity index (χ3v) is 3.98. The maximum Gasteiger partial charge on any atom is 0.399 e. The van der Waals surface area contributed by atoms with Crippen LogP contribution >= 0.6 is 12.2 Å². The minimum atomic E-state index is -4.71. The Bertz CT molecular complexity index is 477. The maximum atomic E-state index is 12.9. The summed E-state index contributed by atoms with van der Waals surface area (Å²) in [6, 6.07) is -0.854. The van der Waals surface area contributed by atoms with E-state index < -0.39 is 41.1 Å². The van der Waals surface area contributed by atoms with E-state index in [2.05, 4.69) is 17.5 Å². The minimum absolute atomic E-state index is 0.234. The number of nitrogens with two attached hydrogens (primary N) is 1. The molecule has 3 N–H and O–H groups in total. The predicted molar refractivity (Wildman–Crippen MR) is 69.4 cm³/mol. The molecule has 118 valence electrons. The normalized spacial score (nSPS) is 23.3. The van der Waals surface area contributed by atoms with Crippen LogP contribution in [-0.2, 0) is 9.53 Å². The van der Waals surface area contributed by atoms with Crippen LogP contribution in [-0.4, -0.2) is 53.3 Å². The Hall–Kier alpha value is -1.42. The molecular weight excluding hydrogens is 311 g/mol. The average Bonchev–Trinajstić information content (AvgIpc) is 2.58. The molecule has 10 heteroatoms. The summed E-state index contributed by atoms with van der Waals surface area (Å²) in [6.45, 7) is -0.373. The van der Waals surface area contributed by atoms with Crippen LogP contribution in [0.5, 0.6) is 0 Å². The summed E-state index contributed by atoms with van der Waals surface area (Å²) >= 11 is 4.39. The number of imide groups is 1. The van der Waals surface area contributed by atoms with Crippen LogP contribution in [0.25, 0.3) is 0 Å². The third kappa shape index (κ3) is 2.95. The SMILES string of the molecule is NC(=S)C(CN1C(=O)NC2(CCOCC2)C1=O)C(F)(F)F. The number of rotatable bonds is 3. The van der Waals surface area contributed by atoms with Gasteiger partial charge in [-0.05, 0) is 0 Å². The molecule has 2 fully saturated rings. The number of nitrogens with one attached hydrogen (secondary N) is 1. The second-order valence-electron chi connectivity index (χ2n) is 5.04. The first-order chi connectivity index (χ1) is 9.67. The summed E-state index contributed by atoms with van der Waals surface area (Å²) in [5.41, 5.74) is 3.92. The lowest BCUT2D eigenvalue weighted by Gasteiger charge is -2.31. The van der Waals surface area contributed by atoms with Crippen molar-refractivity contribution in [1.82, 2.24) is 10.2 Å². The van der Waals surface area contributed by atoms with Gasteiger partial charge in [0.2, 0.25) is 0 Å². The van der Waals surface area contributed by atoms with Crippen molar-refractivity contribution in [2.45, 2.75) is 24.6 Å². The fourth-order valence-corrected chi connectivity index (χ4v) is 2.65. The molecule has 3 amide bonds. The maximum absolute atomic E-state index is 12.9. The van der Waals surface area contributed by atoms with E-state index in [0.29, 0.717) is 4.90 Å². The lowest BCUT2D eigenvalue weighted by molar-refractivity contribution is -0.160. The van der Waals surface area contributed by atoms with Crippen LogP contribution in [0.4, 0.5) is 18.0 Å². The monoisotopic (exact) mass is 325 g/mol. The molecule has 0 aromatic rings. The van der Waals surface area contributed by atoms with Gasteiger partial charge in [-0.15, -0.1) is 0 Å². The van der Waals surface area contributed by atoms with Gasteiger partial charge in [0.1, 0.15) is 11.5 Å². The van der Waals surface area contributed by atoms with Crippen molar-refractivity contribution in [2.24, 2.45) is 11.7 Å². The lowest BCUT2D eigenvalue weighted by Crippen LogP contribution is -2.51. The molecule has 21 heavy (non-hydrogen) atoms. The van der Waals surface area contributed by atoms with Crippen LogP contribution in [0.1, 0.15) is 12.8 Å². The Labute approximate surface area is 123 Å². The smallest absolute Gasteiger partial charge is 0.393 e. The first-order valence-corrected chi connectivity index (χ1v) is 6.66. The van der Waals surface area contributed by atoms with Crippen LogP contribution in [0.2, 0.25) is 0 Å². The molecule has 1 unspecified atom stereocenters. The van der Waals surface area contributed by atoms with Gasteiger partial charge in [0, 0.05) is 32.6 Å². The number of urea groups is 1. The second kappa shape index (κ2) is 5.41. The number of halogens is 3. The molecule has 2 aliphatic heterocycles. The molecule has 1 spiro atoms. The van der Waals surface area contributed by atoms with Crippen molar-refractivity contribution in [3.05, 3.63) is 0 Å². The second-order valence-corrected chi connectivity index (χ2v) is 5.51. The molecule has 0 aromatic carbocycles. The molecule has 2 saturated heterocycles. The summed E-state index contributed by atoms with van der Waals surface area (Å²) in [6.07, 6.45) is -4.24. The van der Waals surface area contributed by atoms with Gasteiger partial charge in [0.25, 0.3) is 5.91 Å². The van der Waals surface area contributed by atoms with Gasteiger partial charge in [-0.3, -0.25) is 9.69 Å². The number of carbonyl (C=O) groups excluding carboxylic acids is 2. The van der Waals surface area contributed by atoms with Crippen molar-refractivity contribution in [2.75, 3.05) is 19.8 Å². The molecule has 6 nitrogen and oxygen atoms in total. The van der Waals surface area contributed by atoms with Crippen LogP contribution in [0, 0.1) is 5.92 Å². The number of alkyl halides is 3. The lowest BCUT2D eigenvalue weighted by atomic mass is 9.90. The number of hydrogen-bond donors (Lipinski definition) is 2. The van der Waals surface area contributed by atoms with Crippen LogP contribution < -0.4 is 11.1 Å². The number of carbonyl (C=O) groups is 2. The van der Waals surface area contributed by atoms with Crippen molar-refractivity contribution in [3.8, 4) is 0 Å². The average molecular weight is 325 g/mol. The Morgan fingerprint density at radius 3 is 2.48 bits per heavy atom. The molecule has 0 saturated carbocycles. The van der Waals surface area contributed by atoms with Gasteiger partial charge in [-0.25, -0.2) is 4.79 Å². The Morgan fingerprint density at radius 2 is 2.00 bits per heavy atom. The standard InChI is InChI=1S/C11H14F3N3O3S/c12-11(13,14)6(7(15)21)5-17-8(18)10(16-9(17)19)1-3-20-4-2-10/h6H,1-5H2,(H2,15,21)(H,16,19). The molecule has 0 radical (unpaired) electrons. The molecule has 2 aliphatic rings. The highest BCUT2D eigenvalue weighted by molar-refractivity contribution is 7.80. The summed E-state index contributed by atoms with van der Waals surface area (Å²) in [7, 11) is 0. The molecule has 0 aromatic heterocycles. The summed E-state index contributed by atoms with van der Waals surface area (Å²) in [5.74, 6) is -2.89. The van der Waals surface area contributed by atoms with E-state index in [1.807, 2.05) is 0 Å². The van der Waals surface area contributed by atoms with Crippen molar-refractivity contribution < 1.29 is 27.5 Å². The van der Waals surface area contributed by atoms with Gasteiger partial charge in [0.05, 0.1) is 4.99 Å². The van der Waals surface area contributed by atoms with Gasteiger partial charge >= 0.3 is 12.2 Å². The number of nitrogens with zero attached hydrogens (tertiary/aromatic N) is 1. The minimum Gasteiger partial charge on any atom is -0.393 e. The predicted octanol–water partition coefficient (Wildman–Crippen LogP) is 0.552. The molecule has 2 heterocycles. The zero-order valence-corrected chi connectivity index (χ0v) is 11.7. The summed E-state index contributed by atoms with van der Waals surface area (Å²) in [4.78, 5) is 23.9. The van der Waals surface area contributed by atoms with E-state index in [0.717, 1.165) is 0 Å². The fourth-order valence-electron chi connectivity index (χ4n) is 2.44. The van der Waals surface area contributed by atoms with E-state index in [1.54, 1.807) is 0 Å². The molecule has 2 rings (SSSR count). The van der Waals surface area contributed by atoms with E-state index in [1.165, 1.54) is 0 Å². The number of thiocarbonyl (C=S) groups is 1. The van der Waals surface area contributed by atoms with Crippen LogP contribution in [0.15, 0.2) is 0 Å². The summed E-state index contributed by atoms with van der Waals surface area (Å²) < 4.78 is 43.7. The Kier molecular flexibility index (Phi) is 4.11. The fraction of sp³-hybridized carbons (Fsp3) is 0.727. The van der Waals surface area contributed by atoms with Gasteiger partial charge in [-0.2, -0.15) is 13.2 Å². The Balaban J connectivity index is 2.18. The largest absolute Gasteiger partial charge is 0.399 e. The number of hydrogen-bond acceptors (Lipinski definition) is 4. The zero-order chi connectivity index (χ0) is 15.8. The highest BCUT2D eigenvalue weighted by atomic mass is 32.1. The van der Waals surface area contributed by atoms with Gasteiger partial charge in [0.15, 0.2) is 0 Å². The topological polar surface area (TPSA) is 84.7 Å². The van der Waals surface area contributed by atoms with E-state index in [-0.39, 0.29) is 26.1 Å². The molecule has 0 aliphatic carbocycles. The van der Waals surface area contributed by atoms with Gasteiger partial charge in [-0.1, -0.05) is 12.2 Å². The highest BCUT2D eigenvalue weighted by Gasteiger charge is 2.54. The molecule has 0 bridgehead atoms. The molecule has 1 atom stereocenters. The quantitative estimate of drug-likeness (QED) is 0.585. The van der Waals surface area contributed by atoms with Crippen molar-refractivity contribution in [3.63, 3.8) is 0 Å². The van der Waals surface area contributed by atoms with Crippen molar-refractivity contribution in [1.29, 1.82) is 0 Å². The van der Waals surface area contributed by atoms with Crippen LogP contribution in [0.3, 0.4) is 0 Å². The first kappa shape index (κ1) is 16.0. The number of ether oxygens (including phenoxy) is 1. The summed E-state index contributed by atoms with van der Waals surface area (Å²) in [5, 5.41) is 2.47. The van der Waals surface area contributed by atoms with Crippen molar-refractivity contribution >= 4 is 29.1 Å². The van der Waals surface area contributed by atoms with E-state index in [4.69, 9.17) is 10.5 Å². The zero-order valence-electron chi connectivity index (χ0n) is 10.9. The highest BCUT2D eigenvalue weighted by Crippen LogP contribution is 2.32.